The fourth-order valence-electron chi connectivity index (χ4n) is 1.34. The van der Waals surface area contributed by atoms with Crippen LogP contribution in [0.3, 0.4) is 0 Å². The average molecular weight is 306 g/mol. The first-order valence-corrected chi connectivity index (χ1v) is 5.89. The molecular weight excluding hydrogens is 294 g/mol. The molecule has 0 aromatic heterocycles. The number of rotatable bonds is 2. The van der Waals surface area contributed by atoms with Crippen molar-refractivity contribution in [3.8, 4) is 11.1 Å². The van der Waals surface area contributed by atoms with E-state index in [2.05, 4.69) is 48.5 Å². The molecule has 0 spiro atoms. The molecule has 21 heavy (non-hydrogen) atoms. The minimum absolute atomic E-state index is 1.28. The van der Waals surface area contributed by atoms with Crippen LogP contribution < -0.4 is 0 Å². The molecule has 0 radical (unpaired) electrons. The topological polar surface area (TPSA) is 0 Å². The molecule has 0 saturated heterocycles. The molecule has 0 amide bonds. The van der Waals surface area contributed by atoms with Crippen molar-refractivity contribution in [2.75, 3.05) is 6.67 Å². The van der Waals surface area contributed by atoms with E-state index in [0.717, 1.165) is 0 Å². The minimum Gasteiger partial charge on any atom is -0.244 e. The molecule has 0 unspecified atom stereocenters. The van der Waals surface area contributed by atoms with E-state index in [1.807, 2.05) is 12.1 Å². The van der Waals surface area contributed by atoms with Crippen LogP contribution in [-0.2, 0) is 0 Å². The molecule has 2 aromatic rings. The summed E-state index contributed by atoms with van der Waals surface area (Å²) in [7, 11) is 0. The van der Waals surface area contributed by atoms with E-state index in [1.165, 1.54) is 11.1 Å². The fraction of sp³-hybridized carbons (Fsp3) is 0.200. The van der Waals surface area contributed by atoms with Gasteiger partial charge in [-0.15, -0.1) is 0 Å². The second kappa shape index (κ2) is 7.15. The molecule has 6 heteroatoms. The Balaban J connectivity index is 0.000000222. The van der Waals surface area contributed by atoms with Gasteiger partial charge in [0.2, 0.25) is 0 Å². The Morgan fingerprint density at radius 3 is 1.14 bits per heavy atom. The summed E-state index contributed by atoms with van der Waals surface area (Å²) in [5, 5.41) is 0. The second-order valence-electron chi connectivity index (χ2n) is 4.07. The summed E-state index contributed by atoms with van der Waals surface area (Å²) >= 11 is 0. The Hall–Kier alpha value is -1.98. The fourth-order valence-corrected chi connectivity index (χ4v) is 1.34. The summed E-state index contributed by atoms with van der Waals surface area (Å²) in [6, 6.07) is 20.8. The summed E-state index contributed by atoms with van der Waals surface area (Å²) in [6.45, 7) is -2.70. The number of alkyl halides is 6. The number of hydrogen-bond donors (Lipinski definition) is 0. The van der Waals surface area contributed by atoms with E-state index in [1.54, 1.807) is 0 Å². The van der Waals surface area contributed by atoms with Crippen LogP contribution in [0.15, 0.2) is 60.7 Å². The molecule has 0 nitrogen and oxygen atoms in total. The molecule has 0 heterocycles. The smallest absolute Gasteiger partial charge is 0.244 e. The Kier molecular flexibility index (Phi) is 5.81. The maximum absolute atomic E-state index is 11.2. The average Bonchev–Trinajstić information content (AvgIpc) is 2.48. The van der Waals surface area contributed by atoms with Crippen molar-refractivity contribution in [3.05, 3.63) is 60.7 Å². The summed E-state index contributed by atoms with van der Waals surface area (Å²) < 4.78 is 65.6. The third-order valence-corrected chi connectivity index (χ3v) is 2.46. The van der Waals surface area contributed by atoms with E-state index in [0.29, 0.717) is 0 Å². The van der Waals surface area contributed by atoms with E-state index < -0.39 is 18.8 Å². The summed E-state index contributed by atoms with van der Waals surface area (Å²) in [6.07, 6.45) is -5.76. The van der Waals surface area contributed by atoms with Gasteiger partial charge in [0.1, 0.15) is 0 Å². The second-order valence-corrected chi connectivity index (χ2v) is 4.07. The van der Waals surface area contributed by atoms with Gasteiger partial charge in [0.05, 0.1) is 0 Å². The van der Waals surface area contributed by atoms with Crippen LogP contribution in [0.5, 0.6) is 0 Å². The summed E-state index contributed by atoms with van der Waals surface area (Å²) in [5.74, 6) is -5.19. The molecule has 0 N–H and O–H groups in total. The predicted octanol–water partition coefficient (Wildman–Crippen LogP) is 5.51. The van der Waals surface area contributed by atoms with E-state index >= 15 is 0 Å². The first-order chi connectivity index (χ1) is 9.78. The van der Waals surface area contributed by atoms with Crippen molar-refractivity contribution in [3.63, 3.8) is 0 Å². The Morgan fingerprint density at radius 1 is 0.619 bits per heavy atom. The van der Waals surface area contributed by atoms with Crippen LogP contribution in [0.25, 0.3) is 11.1 Å². The summed E-state index contributed by atoms with van der Waals surface area (Å²) in [5.41, 5.74) is 2.55. The van der Waals surface area contributed by atoms with Gasteiger partial charge in [-0.1, -0.05) is 60.7 Å². The van der Waals surface area contributed by atoms with E-state index in [4.69, 9.17) is 0 Å². The van der Waals surface area contributed by atoms with Gasteiger partial charge in [-0.2, -0.15) is 22.0 Å². The highest BCUT2D eigenvalue weighted by Crippen LogP contribution is 2.35. The standard InChI is InChI=1S/C12H10.C3H2F6/c1-3-7-11(8-4-1)12-9-5-2-6-10-12;4-1-2(5,6)3(7,8)9/h1-10H;1H2. The summed E-state index contributed by atoms with van der Waals surface area (Å²) in [4.78, 5) is 0. The third kappa shape index (κ3) is 5.13. The molecule has 2 rings (SSSR count). The van der Waals surface area contributed by atoms with Crippen LogP contribution in [0.4, 0.5) is 26.3 Å². The van der Waals surface area contributed by atoms with Crippen molar-refractivity contribution in [1.82, 2.24) is 0 Å². The van der Waals surface area contributed by atoms with E-state index in [-0.39, 0.29) is 0 Å². The molecule has 0 atom stereocenters. The van der Waals surface area contributed by atoms with Crippen molar-refractivity contribution >= 4 is 0 Å². The Bertz CT molecular complexity index is 481. The molecule has 0 aliphatic heterocycles. The minimum atomic E-state index is -5.76. The normalized spacial score (nSPS) is 11.5. The van der Waals surface area contributed by atoms with Crippen molar-refractivity contribution < 1.29 is 26.3 Å². The number of halogens is 6. The van der Waals surface area contributed by atoms with Gasteiger partial charge < -0.3 is 0 Å². The van der Waals surface area contributed by atoms with Crippen molar-refractivity contribution in [2.24, 2.45) is 0 Å². The predicted molar refractivity (Wildman–Crippen MR) is 68.9 cm³/mol. The molecule has 114 valence electrons. The third-order valence-electron chi connectivity index (χ3n) is 2.46. The van der Waals surface area contributed by atoms with Gasteiger partial charge in [-0.05, 0) is 11.1 Å². The van der Waals surface area contributed by atoms with Crippen LogP contribution in [-0.4, -0.2) is 18.8 Å². The van der Waals surface area contributed by atoms with Crippen LogP contribution in [0, 0.1) is 0 Å². The van der Waals surface area contributed by atoms with Gasteiger partial charge in [-0.25, -0.2) is 4.39 Å². The first-order valence-electron chi connectivity index (χ1n) is 5.89. The molecule has 0 aliphatic carbocycles. The van der Waals surface area contributed by atoms with Gasteiger partial charge in [0.15, 0.2) is 6.67 Å². The number of hydrogen-bond acceptors (Lipinski definition) is 0. The highest BCUT2D eigenvalue weighted by atomic mass is 19.4. The maximum Gasteiger partial charge on any atom is 0.456 e. The number of benzene rings is 2. The monoisotopic (exact) mass is 306 g/mol. The molecule has 0 saturated carbocycles. The van der Waals surface area contributed by atoms with Crippen LogP contribution >= 0.6 is 0 Å². The molecular formula is C15H12F6. The molecule has 0 bridgehead atoms. The Labute approximate surface area is 118 Å². The highest BCUT2D eigenvalue weighted by molar-refractivity contribution is 5.62. The first kappa shape index (κ1) is 17.1. The van der Waals surface area contributed by atoms with Gasteiger partial charge in [0, 0.05) is 0 Å². The molecule has 2 aromatic carbocycles. The zero-order valence-electron chi connectivity index (χ0n) is 10.7. The highest BCUT2D eigenvalue weighted by Gasteiger charge is 2.57. The molecule has 0 aliphatic rings. The lowest BCUT2D eigenvalue weighted by Gasteiger charge is -2.14. The molecule has 0 fully saturated rings. The Morgan fingerprint density at radius 2 is 0.952 bits per heavy atom. The maximum atomic E-state index is 11.2. The van der Waals surface area contributed by atoms with Gasteiger partial charge in [0.25, 0.3) is 0 Å². The van der Waals surface area contributed by atoms with E-state index in [9.17, 15) is 26.3 Å². The zero-order chi connectivity index (χ0) is 15.9. The lowest BCUT2D eigenvalue weighted by atomic mass is 10.1. The van der Waals surface area contributed by atoms with Crippen molar-refractivity contribution in [1.29, 1.82) is 0 Å². The van der Waals surface area contributed by atoms with Crippen LogP contribution in [0.2, 0.25) is 0 Å². The van der Waals surface area contributed by atoms with Crippen molar-refractivity contribution in [2.45, 2.75) is 12.1 Å². The lowest BCUT2D eigenvalue weighted by Crippen LogP contribution is -2.38. The zero-order valence-corrected chi connectivity index (χ0v) is 10.7. The van der Waals surface area contributed by atoms with Gasteiger partial charge >= 0.3 is 12.1 Å². The quantitative estimate of drug-likeness (QED) is 0.642. The lowest BCUT2D eigenvalue weighted by molar-refractivity contribution is -0.286. The SMILES string of the molecule is FCC(F)(F)C(F)(F)F.c1ccc(-c2ccccc2)cc1. The van der Waals surface area contributed by atoms with Gasteiger partial charge in [-0.3, -0.25) is 0 Å². The largest absolute Gasteiger partial charge is 0.456 e. The van der Waals surface area contributed by atoms with Crippen LogP contribution in [0.1, 0.15) is 0 Å².